The number of rotatable bonds is 2. The van der Waals surface area contributed by atoms with E-state index in [0.717, 1.165) is 38.2 Å². The number of ether oxygens (including phenoxy) is 1. The minimum atomic E-state index is -0.114. The number of carbonyl (C=O) groups is 1. The fourth-order valence-electron chi connectivity index (χ4n) is 3.02. The zero-order valence-electron chi connectivity index (χ0n) is 11.7. The van der Waals surface area contributed by atoms with Crippen molar-refractivity contribution in [2.24, 2.45) is 5.92 Å². The molecule has 0 N–H and O–H groups in total. The lowest BCUT2D eigenvalue weighted by Crippen LogP contribution is -2.37. The number of piperidine rings is 1. The molecule has 2 rings (SSSR count). The summed E-state index contributed by atoms with van der Waals surface area (Å²) in [5.74, 6) is 0.454. The van der Waals surface area contributed by atoms with Crippen LogP contribution >= 0.6 is 0 Å². The highest BCUT2D eigenvalue weighted by Gasteiger charge is 2.29. The molecule has 0 atom stereocenters. The number of carbonyl (C=O) groups excluding carboxylic acids is 1. The van der Waals surface area contributed by atoms with E-state index < -0.39 is 0 Å². The van der Waals surface area contributed by atoms with Crippen LogP contribution in [0.25, 0.3) is 0 Å². The Hall–Kier alpha value is -0.870. The fraction of sp³-hybridized carbons (Fsp3) is 0.786. The van der Waals surface area contributed by atoms with Crippen molar-refractivity contribution in [1.82, 2.24) is 9.80 Å². The summed E-state index contributed by atoms with van der Waals surface area (Å²) in [5, 5.41) is 0. The molecule has 0 aromatic heterocycles. The van der Waals surface area contributed by atoms with Crippen molar-refractivity contribution in [3.05, 3.63) is 11.1 Å². The fourth-order valence-corrected chi connectivity index (χ4v) is 3.02. The van der Waals surface area contributed by atoms with E-state index in [0.29, 0.717) is 5.92 Å². The third-order valence-electron chi connectivity index (χ3n) is 4.21. The van der Waals surface area contributed by atoms with Crippen LogP contribution < -0.4 is 0 Å². The lowest BCUT2D eigenvalue weighted by molar-refractivity contribution is -0.136. The van der Waals surface area contributed by atoms with E-state index in [9.17, 15) is 4.79 Å². The number of methoxy groups -OCH3 is 1. The first-order chi connectivity index (χ1) is 8.61. The maximum absolute atomic E-state index is 11.9. The van der Waals surface area contributed by atoms with Gasteiger partial charge in [-0.15, -0.1) is 0 Å². The smallest absolute Gasteiger partial charge is 0.333 e. The van der Waals surface area contributed by atoms with Crippen LogP contribution in [0.5, 0.6) is 0 Å². The molecule has 0 aromatic carbocycles. The molecule has 0 bridgehead atoms. The number of likely N-dealkylation sites (N-methyl/N-ethyl adjacent to an activating group) is 1. The van der Waals surface area contributed by atoms with Crippen LogP contribution in [-0.2, 0) is 9.53 Å². The SMILES string of the molecule is COC(=O)C1=C(C2CCN(C)CC2)CN(C)CC1. The lowest BCUT2D eigenvalue weighted by atomic mass is 9.83. The van der Waals surface area contributed by atoms with Crippen molar-refractivity contribution < 1.29 is 9.53 Å². The summed E-state index contributed by atoms with van der Waals surface area (Å²) in [6.45, 7) is 4.15. The Morgan fingerprint density at radius 2 is 1.83 bits per heavy atom. The van der Waals surface area contributed by atoms with Gasteiger partial charge in [-0.2, -0.15) is 0 Å². The van der Waals surface area contributed by atoms with Gasteiger partial charge in [0.2, 0.25) is 0 Å². The Morgan fingerprint density at radius 1 is 1.17 bits per heavy atom. The first-order valence-electron chi connectivity index (χ1n) is 6.79. The Kier molecular flexibility index (Phi) is 4.40. The Balaban J connectivity index is 2.18. The van der Waals surface area contributed by atoms with E-state index in [4.69, 9.17) is 4.74 Å². The topological polar surface area (TPSA) is 32.8 Å². The summed E-state index contributed by atoms with van der Waals surface area (Å²) in [6.07, 6.45) is 3.17. The molecule has 102 valence electrons. The number of nitrogens with zero attached hydrogens (tertiary/aromatic N) is 2. The molecule has 0 aliphatic carbocycles. The summed E-state index contributed by atoms with van der Waals surface area (Å²) >= 11 is 0. The molecule has 1 saturated heterocycles. The van der Waals surface area contributed by atoms with Crippen molar-refractivity contribution in [3.63, 3.8) is 0 Å². The highest BCUT2D eigenvalue weighted by Crippen LogP contribution is 2.31. The Labute approximate surface area is 110 Å². The van der Waals surface area contributed by atoms with Gasteiger partial charge in [-0.3, -0.25) is 0 Å². The van der Waals surface area contributed by atoms with Gasteiger partial charge in [0.05, 0.1) is 7.11 Å². The standard InChI is InChI=1S/C14H24N2O2/c1-15-7-4-11(5-8-15)13-10-16(2)9-6-12(13)14(17)18-3/h11H,4-10H2,1-3H3. The van der Waals surface area contributed by atoms with Crippen LogP contribution in [0.4, 0.5) is 0 Å². The normalized spacial score (nSPS) is 24.4. The number of hydrogen-bond donors (Lipinski definition) is 0. The average Bonchev–Trinajstić information content (AvgIpc) is 2.38. The maximum atomic E-state index is 11.9. The van der Waals surface area contributed by atoms with Gasteiger partial charge >= 0.3 is 5.97 Å². The largest absolute Gasteiger partial charge is 0.466 e. The molecule has 2 heterocycles. The minimum absolute atomic E-state index is 0.114. The third kappa shape index (κ3) is 2.93. The molecule has 0 unspecified atom stereocenters. The lowest BCUT2D eigenvalue weighted by Gasteiger charge is -2.35. The molecule has 0 aromatic rings. The summed E-state index contributed by atoms with van der Waals surface area (Å²) in [6, 6.07) is 0. The van der Waals surface area contributed by atoms with Crippen LogP contribution in [0.1, 0.15) is 19.3 Å². The Bertz CT molecular complexity index is 344. The van der Waals surface area contributed by atoms with E-state index >= 15 is 0 Å². The molecule has 0 radical (unpaired) electrons. The predicted octanol–water partition coefficient (Wildman–Crippen LogP) is 1.13. The highest BCUT2D eigenvalue weighted by atomic mass is 16.5. The van der Waals surface area contributed by atoms with Gasteiger partial charge in [0.1, 0.15) is 0 Å². The van der Waals surface area contributed by atoms with Gasteiger partial charge in [-0.05, 0) is 57.9 Å². The summed E-state index contributed by atoms with van der Waals surface area (Å²) in [7, 11) is 5.78. The van der Waals surface area contributed by atoms with Crippen LogP contribution in [0.15, 0.2) is 11.1 Å². The number of hydrogen-bond acceptors (Lipinski definition) is 4. The first kappa shape index (κ1) is 13.6. The first-order valence-corrected chi connectivity index (χ1v) is 6.79. The molecule has 0 amide bonds. The van der Waals surface area contributed by atoms with E-state index in [1.54, 1.807) is 0 Å². The molecule has 4 nitrogen and oxygen atoms in total. The second-order valence-corrected chi connectivity index (χ2v) is 5.56. The van der Waals surface area contributed by atoms with Gasteiger partial charge in [0, 0.05) is 18.7 Å². The predicted molar refractivity (Wildman–Crippen MR) is 71.4 cm³/mol. The molecule has 4 heteroatoms. The van der Waals surface area contributed by atoms with Crippen LogP contribution in [0.3, 0.4) is 0 Å². The van der Waals surface area contributed by atoms with Gasteiger partial charge in [-0.25, -0.2) is 4.79 Å². The van der Waals surface area contributed by atoms with Crippen molar-refractivity contribution in [2.45, 2.75) is 19.3 Å². The molecular weight excluding hydrogens is 228 g/mol. The monoisotopic (exact) mass is 252 g/mol. The summed E-state index contributed by atoms with van der Waals surface area (Å²) < 4.78 is 4.94. The molecule has 1 fully saturated rings. The zero-order valence-corrected chi connectivity index (χ0v) is 11.7. The number of likely N-dealkylation sites (tertiary alicyclic amines) is 1. The van der Waals surface area contributed by atoms with Crippen molar-refractivity contribution in [3.8, 4) is 0 Å². The Morgan fingerprint density at radius 3 is 2.44 bits per heavy atom. The molecular formula is C14H24N2O2. The second-order valence-electron chi connectivity index (χ2n) is 5.56. The minimum Gasteiger partial charge on any atom is -0.466 e. The van der Waals surface area contributed by atoms with E-state index in [-0.39, 0.29) is 5.97 Å². The molecule has 2 aliphatic rings. The van der Waals surface area contributed by atoms with Crippen molar-refractivity contribution in [1.29, 1.82) is 0 Å². The maximum Gasteiger partial charge on any atom is 0.333 e. The molecule has 18 heavy (non-hydrogen) atoms. The third-order valence-corrected chi connectivity index (χ3v) is 4.21. The van der Waals surface area contributed by atoms with Crippen LogP contribution in [0.2, 0.25) is 0 Å². The zero-order chi connectivity index (χ0) is 13.1. The van der Waals surface area contributed by atoms with E-state index in [1.165, 1.54) is 25.5 Å². The average molecular weight is 252 g/mol. The van der Waals surface area contributed by atoms with Crippen LogP contribution in [0, 0.1) is 5.92 Å². The number of esters is 1. The molecule has 0 spiro atoms. The van der Waals surface area contributed by atoms with Gasteiger partial charge in [0.25, 0.3) is 0 Å². The summed E-state index contributed by atoms with van der Waals surface area (Å²) in [4.78, 5) is 16.6. The van der Waals surface area contributed by atoms with Gasteiger partial charge in [-0.1, -0.05) is 0 Å². The molecule has 0 saturated carbocycles. The van der Waals surface area contributed by atoms with Crippen molar-refractivity contribution >= 4 is 5.97 Å². The second kappa shape index (κ2) is 5.85. The summed E-state index contributed by atoms with van der Waals surface area (Å²) in [5.41, 5.74) is 2.29. The van der Waals surface area contributed by atoms with Gasteiger partial charge in [0.15, 0.2) is 0 Å². The van der Waals surface area contributed by atoms with E-state index in [2.05, 4.69) is 23.9 Å². The highest BCUT2D eigenvalue weighted by molar-refractivity contribution is 5.89. The van der Waals surface area contributed by atoms with E-state index in [1.807, 2.05) is 0 Å². The van der Waals surface area contributed by atoms with Crippen molar-refractivity contribution in [2.75, 3.05) is 47.4 Å². The quantitative estimate of drug-likeness (QED) is 0.690. The van der Waals surface area contributed by atoms with Crippen LogP contribution in [-0.4, -0.2) is 63.2 Å². The van der Waals surface area contributed by atoms with Gasteiger partial charge < -0.3 is 14.5 Å². The molecule has 2 aliphatic heterocycles.